The van der Waals surface area contributed by atoms with Gasteiger partial charge in [-0.1, -0.05) is 56.8 Å². The van der Waals surface area contributed by atoms with Gasteiger partial charge in [-0.3, -0.25) is 0 Å². The van der Waals surface area contributed by atoms with Crippen molar-refractivity contribution < 1.29 is 13.2 Å². The predicted octanol–water partition coefficient (Wildman–Crippen LogP) is 6.82. The summed E-state index contributed by atoms with van der Waals surface area (Å²) in [4.78, 5) is 10.1. The van der Waals surface area contributed by atoms with E-state index in [1.54, 1.807) is 0 Å². The van der Waals surface area contributed by atoms with Crippen LogP contribution in [0.15, 0.2) is 30.3 Å². The Balaban J connectivity index is 1.51. The molecular weight excluding hydrogens is 507 g/mol. The number of alkyl halides is 3. The molecule has 1 aliphatic heterocycles. The van der Waals surface area contributed by atoms with Crippen molar-refractivity contribution in [3.63, 3.8) is 0 Å². The molecule has 2 aromatic rings. The maximum absolute atomic E-state index is 13.7. The molecule has 2 unspecified atom stereocenters. The van der Waals surface area contributed by atoms with E-state index < -0.39 is 11.9 Å². The number of halogens is 4. The molecule has 196 valence electrons. The number of rotatable bonds is 5. The van der Waals surface area contributed by atoms with Crippen LogP contribution in [0.25, 0.3) is 0 Å². The number of thiocarbonyl (C=S) groups is 1. The minimum absolute atomic E-state index is 0.117. The van der Waals surface area contributed by atoms with E-state index in [2.05, 4.69) is 46.6 Å². The molecule has 1 aromatic heterocycles. The van der Waals surface area contributed by atoms with Gasteiger partial charge < -0.3 is 15.5 Å². The second-order valence-corrected chi connectivity index (χ2v) is 11.3. The Bertz CT molecular complexity index is 1050. The third-order valence-corrected chi connectivity index (χ3v) is 7.77. The zero-order valence-electron chi connectivity index (χ0n) is 20.7. The molecule has 2 atom stereocenters. The highest BCUT2D eigenvalue weighted by atomic mass is 35.5. The van der Waals surface area contributed by atoms with E-state index >= 15 is 0 Å². The average molecular weight is 540 g/mol. The highest BCUT2D eigenvalue weighted by molar-refractivity contribution is 7.80. The van der Waals surface area contributed by atoms with Crippen LogP contribution in [-0.2, 0) is 11.6 Å². The molecule has 2 heterocycles. The number of anilines is 2. The van der Waals surface area contributed by atoms with Gasteiger partial charge in [0.25, 0.3) is 0 Å². The highest BCUT2D eigenvalue weighted by Crippen LogP contribution is 2.39. The van der Waals surface area contributed by atoms with Gasteiger partial charge in [0.1, 0.15) is 5.82 Å². The molecule has 0 amide bonds. The van der Waals surface area contributed by atoms with Crippen molar-refractivity contribution in [2.24, 2.45) is 11.8 Å². The standard InChI is InChI=1S/C26H33ClF3N5S/c1-17-12-18(2)15-35(14-17)22-13-21(26(28,29)30)32-23(33-22)34-24(36)31-16-25(10-4-3-5-11-25)19-6-8-20(27)9-7-19/h6-9,13,17-18H,3-5,10-12,14-16H2,1-2H3,(H2,31,32,33,34,36). The highest BCUT2D eigenvalue weighted by Gasteiger charge is 2.36. The number of aromatic nitrogens is 2. The molecule has 1 aliphatic carbocycles. The minimum Gasteiger partial charge on any atom is -0.361 e. The third-order valence-electron chi connectivity index (χ3n) is 7.28. The molecule has 4 rings (SSSR count). The number of hydrogen-bond donors (Lipinski definition) is 2. The van der Waals surface area contributed by atoms with Gasteiger partial charge in [-0.2, -0.15) is 18.2 Å². The normalized spacial score (nSPS) is 22.2. The Hall–Kier alpha value is -2.13. The van der Waals surface area contributed by atoms with Crippen molar-refractivity contribution in [2.75, 3.05) is 29.9 Å². The maximum Gasteiger partial charge on any atom is 0.433 e. The van der Waals surface area contributed by atoms with E-state index in [0.29, 0.717) is 36.5 Å². The first-order valence-electron chi connectivity index (χ1n) is 12.6. The fourth-order valence-corrected chi connectivity index (χ4v) is 5.93. The summed E-state index contributed by atoms with van der Waals surface area (Å²) in [7, 11) is 0. The second kappa shape index (κ2) is 11.1. The summed E-state index contributed by atoms with van der Waals surface area (Å²) in [6.45, 7) is 6.09. The van der Waals surface area contributed by atoms with Crippen LogP contribution in [-0.4, -0.2) is 34.7 Å². The lowest BCUT2D eigenvalue weighted by Crippen LogP contribution is -2.44. The van der Waals surface area contributed by atoms with Gasteiger partial charge in [0.05, 0.1) is 0 Å². The van der Waals surface area contributed by atoms with Gasteiger partial charge in [0.15, 0.2) is 10.8 Å². The second-order valence-electron chi connectivity index (χ2n) is 10.4. The van der Waals surface area contributed by atoms with Gasteiger partial charge in [0, 0.05) is 36.1 Å². The van der Waals surface area contributed by atoms with Crippen LogP contribution >= 0.6 is 23.8 Å². The van der Waals surface area contributed by atoms with E-state index in [0.717, 1.165) is 38.2 Å². The molecule has 0 bridgehead atoms. The third kappa shape index (κ3) is 6.59. The Kier molecular flexibility index (Phi) is 8.29. The molecule has 2 fully saturated rings. The smallest absolute Gasteiger partial charge is 0.361 e. The van der Waals surface area contributed by atoms with Crippen molar-refractivity contribution >= 4 is 40.7 Å². The molecule has 1 aromatic carbocycles. The number of piperidine rings is 1. The molecule has 1 saturated carbocycles. The van der Waals surface area contributed by atoms with Crippen molar-refractivity contribution in [1.29, 1.82) is 0 Å². The number of nitrogens with one attached hydrogen (secondary N) is 2. The summed E-state index contributed by atoms with van der Waals surface area (Å²) in [6.07, 6.45) is 1.86. The van der Waals surface area contributed by atoms with Gasteiger partial charge in [-0.15, -0.1) is 0 Å². The van der Waals surface area contributed by atoms with Crippen molar-refractivity contribution in [2.45, 2.75) is 64.0 Å². The molecule has 2 N–H and O–H groups in total. The fourth-order valence-electron chi connectivity index (χ4n) is 5.64. The molecular formula is C26H33ClF3N5S. The molecule has 0 radical (unpaired) electrons. The summed E-state index contributed by atoms with van der Waals surface area (Å²) in [5.41, 5.74) is 0.0931. The van der Waals surface area contributed by atoms with Crippen LogP contribution in [0.2, 0.25) is 5.02 Å². The summed E-state index contributed by atoms with van der Waals surface area (Å²) in [6, 6.07) is 8.92. The van der Waals surface area contributed by atoms with E-state index in [-0.39, 0.29) is 22.3 Å². The predicted molar refractivity (Wildman–Crippen MR) is 143 cm³/mol. The lowest BCUT2D eigenvalue weighted by molar-refractivity contribution is -0.141. The van der Waals surface area contributed by atoms with Gasteiger partial charge >= 0.3 is 6.18 Å². The Morgan fingerprint density at radius 3 is 2.33 bits per heavy atom. The molecule has 10 heteroatoms. The fraction of sp³-hybridized carbons (Fsp3) is 0.577. The number of nitrogens with zero attached hydrogens (tertiary/aromatic N) is 3. The van der Waals surface area contributed by atoms with Crippen LogP contribution < -0.4 is 15.5 Å². The lowest BCUT2D eigenvalue weighted by atomic mass is 9.69. The Labute approximate surface area is 221 Å². The molecule has 2 aliphatic rings. The minimum atomic E-state index is -4.59. The van der Waals surface area contributed by atoms with Crippen LogP contribution in [0.5, 0.6) is 0 Å². The average Bonchev–Trinajstić information content (AvgIpc) is 2.82. The molecule has 36 heavy (non-hydrogen) atoms. The van der Waals surface area contributed by atoms with Gasteiger partial charge in [-0.05, 0) is 61.0 Å². The first-order valence-corrected chi connectivity index (χ1v) is 13.3. The van der Waals surface area contributed by atoms with Crippen molar-refractivity contribution in [1.82, 2.24) is 15.3 Å². The topological polar surface area (TPSA) is 53.1 Å². The van der Waals surface area contributed by atoms with Crippen molar-refractivity contribution in [3.8, 4) is 0 Å². The summed E-state index contributed by atoms with van der Waals surface area (Å²) >= 11 is 11.6. The number of benzene rings is 1. The zero-order chi connectivity index (χ0) is 25.9. The van der Waals surface area contributed by atoms with Crippen LogP contribution in [0.4, 0.5) is 24.9 Å². The summed E-state index contributed by atoms with van der Waals surface area (Å²) < 4.78 is 41.0. The quantitative estimate of drug-likeness (QED) is 0.407. The van der Waals surface area contributed by atoms with Crippen LogP contribution in [0, 0.1) is 11.8 Å². The van der Waals surface area contributed by atoms with E-state index in [1.807, 2.05) is 17.0 Å². The Morgan fingerprint density at radius 2 is 1.72 bits per heavy atom. The maximum atomic E-state index is 13.7. The molecule has 0 spiro atoms. The van der Waals surface area contributed by atoms with Gasteiger partial charge in [-0.25, -0.2) is 4.98 Å². The monoisotopic (exact) mass is 539 g/mol. The lowest BCUT2D eigenvalue weighted by Gasteiger charge is -2.38. The van der Waals surface area contributed by atoms with E-state index in [4.69, 9.17) is 23.8 Å². The largest absolute Gasteiger partial charge is 0.433 e. The van der Waals surface area contributed by atoms with Crippen molar-refractivity contribution in [3.05, 3.63) is 46.6 Å². The number of hydrogen-bond acceptors (Lipinski definition) is 4. The van der Waals surface area contributed by atoms with Crippen LogP contribution in [0.3, 0.4) is 0 Å². The first kappa shape index (κ1) is 26.9. The molecule has 1 saturated heterocycles. The van der Waals surface area contributed by atoms with E-state index in [1.165, 1.54) is 12.0 Å². The molecule has 5 nitrogen and oxygen atoms in total. The zero-order valence-corrected chi connectivity index (χ0v) is 22.2. The van der Waals surface area contributed by atoms with Gasteiger partial charge in [0.2, 0.25) is 5.95 Å². The SMILES string of the molecule is CC1CC(C)CN(c2cc(C(F)(F)F)nc(NC(=S)NCC3(c4ccc(Cl)cc4)CCCCC3)n2)C1. The van der Waals surface area contributed by atoms with E-state index in [9.17, 15) is 13.2 Å². The summed E-state index contributed by atoms with van der Waals surface area (Å²) in [5.74, 6) is 0.867. The first-order chi connectivity index (χ1) is 17.0. The van der Waals surface area contributed by atoms with Crippen LogP contribution in [0.1, 0.15) is 63.6 Å². The summed E-state index contributed by atoms with van der Waals surface area (Å²) in [5, 5.41) is 6.96. The Morgan fingerprint density at radius 1 is 1.08 bits per heavy atom.